The summed E-state index contributed by atoms with van der Waals surface area (Å²) in [6.45, 7) is 4.18. The third kappa shape index (κ3) is 3.82. The van der Waals surface area contributed by atoms with Crippen molar-refractivity contribution < 1.29 is 4.79 Å². The molecule has 4 rings (SSSR count). The second kappa shape index (κ2) is 8.42. The molecule has 148 valence electrons. The van der Waals surface area contributed by atoms with Crippen LogP contribution in [0.25, 0.3) is 10.9 Å². The van der Waals surface area contributed by atoms with Gasteiger partial charge in [-0.1, -0.05) is 32.0 Å². The molecule has 1 aliphatic rings. The maximum absolute atomic E-state index is 13.2. The second-order valence-electron chi connectivity index (χ2n) is 7.83. The maximum atomic E-state index is 13.2. The summed E-state index contributed by atoms with van der Waals surface area (Å²) in [5, 5.41) is 11.3. The summed E-state index contributed by atoms with van der Waals surface area (Å²) in [7, 11) is 0. The second-order valence-corrected chi connectivity index (χ2v) is 8.92. The van der Waals surface area contributed by atoms with Crippen LogP contribution in [0.4, 0.5) is 0 Å². The zero-order valence-corrected chi connectivity index (χ0v) is 17.8. The Labute approximate surface area is 175 Å². The van der Waals surface area contributed by atoms with Gasteiger partial charge in [0.1, 0.15) is 11.1 Å². The van der Waals surface area contributed by atoms with E-state index in [-0.39, 0.29) is 5.91 Å². The molecule has 2 aromatic heterocycles. The van der Waals surface area contributed by atoms with Crippen LogP contribution in [0.15, 0.2) is 41.4 Å². The van der Waals surface area contributed by atoms with E-state index in [9.17, 15) is 10.1 Å². The molecule has 5 heteroatoms. The lowest BCUT2D eigenvalue weighted by Crippen LogP contribution is -2.16. The number of fused-ring (bicyclic) bond motifs is 3. The van der Waals surface area contributed by atoms with Gasteiger partial charge in [-0.15, -0.1) is 11.8 Å². The van der Waals surface area contributed by atoms with Gasteiger partial charge in [-0.3, -0.25) is 9.36 Å². The van der Waals surface area contributed by atoms with Crippen LogP contribution in [0.2, 0.25) is 0 Å². The first-order chi connectivity index (χ1) is 14.1. The van der Waals surface area contributed by atoms with E-state index in [4.69, 9.17) is 0 Å². The molecule has 0 aliphatic heterocycles. The SMILES string of the molecule is CC(C)c1ccc(C#N)c(SCCC(=O)n2c3c(c4ccccc42)CCCC3)n1. The molecule has 0 saturated carbocycles. The quantitative estimate of drug-likeness (QED) is 0.510. The first-order valence-electron chi connectivity index (χ1n) is 10.3. The molecule has 3 aromatic rings. The fourth-order valence-corrected chi connectivity index (χ4v) is 5.01. The Morgan fingerprint density at radius 3 is 2.79 bits per heavy atom. The summed E-state index contributed by atoms with van der Waals surface area (Å²) >= 11 is 1.50. The largest absolute Gasteiger partial charge is 0.284 e. The smallest absolute Gasteiger partial charge is 0.232 e. The van der Waals surface area contributed by atoms with E-state index in [0.29, 0.717) is 23.7 Å². The average Bonchev–Trinajstić information content (AvgIpc) is 3.08. The third-order valence-electron chi connectivity index (χ3n) is 5.58. The average molecular weight is 404 g/mol. The number of thioether (sulfide) groups is 1. The number of carbonyl (C=O) groups is 1. The van der Waals surface area contributed by atoms with E-state index in [1.54, 1.807) is 0 Å². The van der Waals surface area contributed by atoms with E-state index in [2.05, 4.69) is 43.1 Å². The van der Waals surface area contributed by atoms with Crippen molar-refractivity contribution in [3.8, 4) is 6.07 Å². The van der Waals surface area contributed by atoms with Crippen LogP contribution in [-0.4, -0.2) is 21.2 Å². The van der Waals surface area contributed by atoms with Crippen LogP contribution >= 0.6 is 11.8 Å². The zero-order valence-electron chi connectivity index (χ0n) is 16.9. The summed E-state index contributed by atoms with van der Waals surface area (Å²) in [6.07, 6.45) is 4.79. The number of hydrogen-bond donors (Lipinski definition) is 0. The first-order valence-corrected chi connectivity index (χ1v) is 11.3. The van der Waals surface area contributed by atoms with Gasteiger partial charge in [-0.2, -0.15) is 5.26 Å². The summed E-state index contributed by atoms with van der Waals surface area (Å²) in [5.41, 5.74) is 5.14. The molecule has 0 saturated heterocycles. The van der Waals surface area contributed by atoms with Crippen molar-refractivity contribution in [2.75, 3.05) is 5.75 Å². The van der Waals surface area contributed by atoms with E-state index in [1.807, 2.05) is 22.8 Å². The van der Waals surface area contributed by atoms with Gasteiger partial charge in [0.05, 0.1) is 11.1 Å². The number of rotatable bonds is 5. The van der Waals surface area contributed by atoms with E-state index >= 15 is 0 Å². The molecule has 0 radical (unpaired) electrons. The maximum Gasteiger partial charge on any atom is 0.232 e. The Morgan fingerprint density at radius 2 is 2.00 bits per heavy atom. The molecule has 4 nitrogen and oxygen atoms in total. The van der Waals surface area contributed by atoms with E-state index in [1.165, 1.54) is 34.8 Å². The first kappa shape index (κ1) is 19.7. The Morgan fingerprint density at radius 1 is 1.21 bits per heavy atom. The van der Waals surface area contributed by atoms with Gasteiger partial charge in [0.15, 0.2) is 0 Å². The summed E-state index contributed by atoms with van der Waals surface area (Å²) in [5.74, 6) is 1.06. The summed E-state index contributed by atoms with van der Waals surface area (Å²) < 4.78 is 1.95. The molecule has 0 bridgehead atoms. The number of pyridine rings is 1. The highest BCUT2D eigenvalue weighted by Gasteiger charge is 2.23. The normalized spacial score (nSPS) is 13.4. The number of hydrogen-bond acceptors (Lipinski definition) is 4. The van der Waals surface area contributed by atoms with Crippen LogP contribution in [0.5, 0.6) is 0 Å². The van der Waals surface area contributed by atoms with E-state index in [0.717, 1.165) is 35.5 Å². The highest BCUT2D eigenvalue weighted by atomic mass is 32.2. The molecule has 29 heavy (non-hydrogen) atoms. The van der Waals surface area contributed by atoms with Gasteiger partial charge in [-0.05, 0) is 55.4 Å². The molecule has 1 aliphatic carbocycles. The van der Waals surface area contributed by atoms with Gasteiger partial charge in [0.25, 0.3) is 0 Å². The van der Waals surface area contributed by atoms with Crippen molar-refractivity contribution in [2.24, 2.45) is 0 Å². The third-order valence-corrected chi connectivity index (χ3v) is 6.57. The minimum absolute atomic E-state index is 0.135. The number of benzene rings is 1. The fraction of sp³-hybridized carbons (Fsp3) is 0.375. The standard InChI is InChI=1S/C24H25N3OS/c1-16(2)20-12-11-17(15-25)24(26-20)29-14-13-23(28)27-21-9-5-3-7-18(21)19-8-4-6-10-22(19)27/h3,5,7,9,11-12,16H,4,6,8,10,13-14H2,1-2H3. The lowest BCUT2D eigenvalue weighted by molar-refractivity contribution is 0.0912. The molecule has 0 spiro atoms. The van der Waals surface area contributed by atoms with Crippen molar-refractivity contribution in [2.45, 2.75) is 56.9 Å². The monoisotopic (exact) mass is 403 g/mol. The summed E-state index contributed by atoms with van der Waals surface area (Å²) in [6, 6.07) is 14.2. The number of nitriles is 1. The van der Waals surface area contributed by atoms with Crippen molar-refractivity contribution in [3.63, 3.8) is 0 Å². The zero-order chi connectivity index (χ0) is 20.4. The minimum Gasteiger partial charge on any atom is -0.284 e. The fourth-order valence-electron chi connectivity index (χ4n) is 4.10. The molecule has 2 heterocycles. The number of aryl methyl sites for hydroxylation is 1. The molecule has 0 unspecified atom stereocenters. The number of aromatic nitrogens is 2. The topological polar surface area (TPSA) is 58.7 Å². The number of carbonyl (C=O) groups excluding carboxylic acids is 1. The Bertz CT molecular complexity index is 1110. The van der Waals surface area contributed by atoms with Gasteiger partial charge in [0, 0.05) is 28.9 Å². The molecule has 0 atom stereocenters. The van der Waals surface area contributed by atoms with Crippen molar-refractivity contribution in [1.82, 2.24) is 9.55 Å². The molecule has 0 N–H and O–H groups in total. The highest BCUT2D eigenvalue weighted by molar-refractivity contribution is 7.99. The van der Waals surface area contributed by atoms with E-state index < -0.39 is 0 Å². The van der Waals surface area contributed by atoms with Gasteiger partial charge in [-0.25, -0.2) is 4.98 Å². The van der Waals surface area contributed by atoms with Crippen LogP contribution in [0.3, 0.4) is 0 Å². The van der Waals surface area contributed by atoms with Crippen molar-refractivity contribution >= 4 is 28.6 Å². The van der Waals surface area contributed by atoms with Crippen LogP contribution < -0.4 is 0 Å². The molecular formula is C24H25N3OS. The lowest BCUT2D eigenvalue weighted by Gasteiger charge is -2.15. The highest BCUT2D eigenvalue weighted by Crippen LogP contribution is 2.32. The van der Waals surface area contributed by atoms with Gasteiger partial charge in [0.2, 0.25) is 5.91 Å². The van der Waals surface area contributed by atoms with Crippen LogP contribution in [0, 0.1) is 11.3 Å². The predicted molar refractivity (Wildman–Crippen MR) is 118 cm³/mol. The van der Waals surface area contributed by atoms with Crippen molar-refractivity contribution in [3.05, 3.63) is 58.9 Å². The van der Waals surface area contributed by atoms with Crippen LogP contribution in [-0.2, 0) is 12.8 Å². The van der Waals surface area contributed by atoms with Gasteiger partial charge >= 0.3 is 0 Å². The number of para-hydroxylation sites is 1. The van der Waals surface area contributed by atoms with Crippen molar-refractivity contribution in [1.29, 1.82) is 5.26 Å². The number of nitrogens with zero attached hydrogens (tertiary/aromatic N) is 3. The lowest BCUT2D eigenvalue weighted by atomic mass is 9.95. The Kier molecular flexibility index (Phi) is 5.73. The predicted octanol–water partition coefficient (Wildman–Crippen LogP) is 5.73. The molecule has 0 fully saturated rings. The van der Waals surface area contributed by atoms with Gasteiger partial charge < -0.3 is 0 Å². The molecule has 1 aromatic carbocycles. The van der Waals surface area contributed by atoms with Crippen LogP contribution in [0.1, 0.15) is 66.3 Å². The summed E-state index contributed by atoms with van der Waals surface area (Å²) in [4.78, 5) is 17.8. The Hall–Kier alpha value is -2.58. The molecule has 0 amide bonds. The Balaban J connectivity index is 1.55. The molecular weight excluding hydrogens is 378 g/mol. The minimum atomic E-state index is 0.135.